The van der Waals surface area contributed by atoms with Gasteiger partial charge in [-0.3, -0.25) is 4.98 Å². The second-order valence-electron chi connectivity index (χ2n) is 5.50. The fourth-order valence-corrected chi connectivity index (χ4v) is 4.61. The van der Waals surface area contributed by atoms with Crippen molar-refractivity contribution in [1.29, 1.82) is 0 Å². The van der Waals surface area contributed by atoms with E-state index in [1.165, 1.54) is 0 Å². The SMILES string of the molecule is CCOC[C@@H]1CCN(S(=O)(=O)c2cccc3ncccc23)C1. The average molecular weight is 320 g/mol. The van der Waals surface area contributed by atoms with E-state index in [0.29, 0.717) is 42.1 Å². The number of benzene rings is 1. The highest BCUT2D eigenvalue weighted by Gasteiger charge is 2.33. The predicted molar refractivity (Wildman–Crippen MR) is 85.1 cm³/mol. The third-order valence-electron chi connectivity index (χ3n) is 4.03. The number of rotatable bonds is 5. The van der Waals surface area contributed by atoms with Gasteiger partial charge in [-0.25, -0.2) is 8.42 Å². The van der Waals surface area contributed by atoms with E-state index in [-0.39, 0.29) is 5.92 Å². The molecule has 3 rings (SSSR count). The van der Waals surface area contributed by atoms with Crippen molar-refractivity contribution in [2.45, 2.75) is 18.2 Å². The number of nitrogens with zero attached hydrogens (tertiary/aromatic N) is 2. The standard InChI is InChI=1S/C16H20N2O3S/c1-2-21-12-13-8-10-18(11-13)22(19,20)16-7-3-6-15-14(16)5-4-9-17-15/h3-7,9,13H,2,8,10-12H2,1H3/t13-/m1/s1. The van der Waals surface area contributed by atoms with E-state index in [4.69, 9.17) is 4.74 Å². The van der Waals surface area contributed by atoms with E-state index in [2.05, 4.69) is 4.98 Å². The molecule has 0 saturated carbocycles. The summed E-state index contributed by atoms with van der Waals surface area (Å²) in [5.41, 5.74) is 0.702. The minimum absolute atomic E-state index is 0.280. The highest BCUT2D eigenvalue weighted by atomic mass is 32.2. The molecule has 2 heterocycles. The minimum atomic E-state index is -3.49. The molecule has 1 fully saturated rings. The zero-order valence-corrected chi connectivity index (χ0v) is 13.4. The molecule has 0 spiro atoms. The van der Waals surface area contributed by atoms with Crippen molar-refractivity contribution in [3.05, 3.63) is 36.5 Å². The van der Waals surface area contributed by atoms with Crippen LogP contribution in [0.2, 0.25) is 0 Å². The lowest BCUT2D eigenvalue weighted by Gasteiger charge is -2.17. The molecule has 0 unspecified atom stereocenters. The highest BCUT2D eigenvalue weighted by Crippen LogP contribution is 2.28. The van der Waals surface area contributed by atoms with Crippen LogP contribution < -0.4 is 0 Å². The number of fused-ring (bicyclic) bond motifs is 1. The van der Waals surface area contributed by atoms with Crippen molar-refractivity contribution in [1.82, 2.24) is 9.29 Å². The molecule has 2 aromatic rings. The number of aromatic nitrogens is 1. The van der Waals surface area contributed by atoms with Crippen molar-refractivity contribution < 1.29 is 13.2 Å². The maximum absolute atomic E-state index is 12.9. The Hall–Kier alpha value is -1.50. The average Bonchev–Trinajstić information content (AvgIpc) is 3.02. The van der Waals surface area contributed by atoms with Gasteiger partial charge in [0.2, 0.25) is 10.0 Å². The summed E-state index contributed by atoms with van der Waals surface area (Å²) in [6.45, 7) is 4.32. The van der Waals surface area contributed by atoms with Crippen LogP contribution in [0.15, 0.2) is 41.4 Å². The molecular formula is C16H20N2O3S. The summed E-state index contributed by atoms with van der Waals surface area (Å²) in [7, 11) is -3.49. The Morgan fingerprint density at radius 1 is 1.32 bits per heavy atom. The maximum Gasteiger partial charge on any atom is 0.243 e. The molecule has 0 bridgehead atoms. The van der Waals surface area contributed by atoms with E-state index >= 15 is 0 Å². The molecule has 0 aliphatic carbocycles. The Morgan fingerprint density at radius 3 is 3.00 bits per heavy atom. The van der Waals surface area contributed by atoms with Gasteiger partial charge in [0.1, 0.15) is 0 Å². The fourth-order valence-electron chi connectivity index (χ4n) is 2.88. The lowest BCUT2D eigenvalue weighted by Crippen LogP contribution is -2.29. The molecule has 6 heteroatoms. The molecule has 0 N–H and O–H groups in total. The monoisotopic (exact) mass is 320 g/mol. The van der Waals surface area contributed by atoms with Crippen LogP contribution in [-0.4, -0.2) is 44.0 Å². The van der Waals surface area contributed by atoms with Crippen LogP contribution in [-0.2, 0) is 14.8 Å². The zero-order chi connectivity index (χ0) is 15.6. The van der Waals surface area contributed by atoms with Crippen LogP contribution in [0.4, 0.5) is 0 Å². The fraction of sp³-hybridized carbons (Fsp3) is 0.438. The molecule has 1 aromatic carbocycles. The Bertz CT molecular complexity index is 756. The van der Waals surface area contributed by atoms with E-state index in [9.17, 15) is 8.42 Å². The summed E-state index contributed by atoms with van der Waals surface area (Å²) in [5, 5.41) is 0.679. The second-order valence-corrected chi connectivity index (χ2v) is 7.41. The maximum atomic E-state index is 12.9. The molecular weight excluding hydrogens is 300 g/mol. The Labute approximate surface area is 131 Å². The van der Waals surface area contributed by atoms with Gasteiger partial charge >= 0.3 is 0 Å². The number of hydrogen-bond donors (Lipinski definition) is 0. The topological polar surface area (TPSA) is 59.5 Å². The van der Waals surface area contributed by atoms with E-state index in [1.807, 2.05) is 19.1 Å². The van der Waals surface area contributed by atoms with Crippen molar-refractivity contribution >= 4 is 20.9 Å². The van der Waals surface area contributed by atoms with Gasteiger partial charge in [-0.05, 0) is 43.5 Å². The van der Waals surface area contributed by atoms with Crippen LogP contribution >= 0.6 is 0 Å². The van der Waals surface area contributed by atoms with Crippen molar-refractivity contribution in [2.24, 2.45) is 5.92 Å². The van der Waals surface area contributed by atoms with Crippen LogP contribution in [0, 0.1) is 5.92 Å². The van der Waals surface area contributed by atoms with E-state index < -0.39 is 10.0 Å². The number of sulfonamides is 1. The largest absolute Gasteiger partial charge is 0.381 e. The molecule has 1 atom stereocenters. The molecule has 1 aromatic heterocycles. The Balaban J connectivity index is 1.90. The van der Waals surface area contributed by atoms with Crippen LogP contribution in [0.25, 0.3) is 10.9 Å². The normalized spacial score (nSPS) is 19.8. The van der Waals surface area contributed by atoms with E-state index in [0.717, 1.165) is 6.42 Å². The summed E-state index contributed by atoms with van der Waals surface area (Å²) < 4.78 is 32.8. The Kier molecular flexibility index (Phi) is 4.42. The minimum Gasteiger partial charge on any atom is -0.381 e. The zero-order valence-electron chi connectivity index (χ0n) is 12.6. The molecule has 0 radical (unpaired) electrons. The summed E-state index contributed by atoms with van der Waals surface area (Å²) >= 11 is 0. The molecule has 5 nitrogen and oxygen atoms in total. The van der Waals surface area contributed by atoms with Crippen LogP contribution in [0.5, 0.6) is 0 Å². The quantitative estimate of drug-likeness (QED) is 0.848. The van der Waals surface area contributed by atoms with Gasteiger partial charge in [-0.15, -0.1) is 0 Å². The number of hydrogen-bond acceptors (Lipinski definition) is 4. The summed E-state index contributed by atoms with van der Waals surface area (Å²) in [6.07, 6.45) is 2.52. The van der Waals surface area contributed by atoms with Gasteiger partial charge in [0, 0.05) is 31.3 Å². The molecule has 1 aliphatic rings. The molecule has 1 saturated heterocycles. The van der Waals surface area contributed by atoms with Crippen LogP contribution in [0.1, 0.15) is 13.3 Å². The molecule has 1 aliphatic heterocycles. The summed E-state index contributed by atoms with van der Waals surface area (Å²) in [4.78, 5) is 4.58. The third-order valence-corrected chi connectivity index (χ3v) is 5.95. The number of pyridine rings is 1. The number of ether oxygens (including phenoxy) is 1. The lowest BCUT2D eigenvalue weighted by atomic mass is 10.1. The first-order chi connectivity index (χ1) is 10.6. The van der Waals surface area contributed by atoms with Gasteiger partial charge in [0.25, 0.3) is 0 Å². The smallest absolute Gasteiger partial charge is 0.243 e. The van der Waals surface area contributed by atoms with Gasteiger partial charge in [0.15, 0.2) is 0 Å². The first kappa shape index (κ1) is 15.4. The second kappa shape index (κ2) is 6.32. The predicted octanol–water partition coefficient (Wildman–Crippen LogP) is 2.28. The molecule has 22 heavy (non-hydrogen) atoms. The molecule has 118 valence electrons. The van der Waals surface area contributed by atoms with Gasteiger partial charge < -0.3 is 4.74 Å². The lowest BCUT2D eigenvalue weighted by molar-refractivity contribution is 0.115. The van der Waals surface area contributed by atoms with Crippen molar-refractivity contribution in [3.63, 3.8) is 0 Å². The van der Waals surface area contributed by atoms with E-state index in [1.54, 1.807) is 28.7 Å². The van der Waals surface area contributed by atoms with Crippen LogP contribution in [0.3, 0.4) is 0 Å². The summed E-state index contributed by atoms with van der Waals surface area (Å²) in [6, 6.07) is 8.81. The van der Waals surface area contributed by atoms with Gasteiger partial charge in [0.05, 0.1) is 17.0 Å². The highest BCUT2D eigenvalue weighted by molar-refractivity contribution is 7.89. The van der Waals surface area contributed by atoms with Gasteiger partial charge in [-0.2, -0.15) is 4.31 Å². The van der Waals surface area contributed by atoms with Crippen molar-refractivity contribution in [2.75, 3.05) is 26.3 Å². The first-order valence-electron chi connectivity index (χ1n) is 7.54. The van der Waals surface area contributed by atoms with Gasteiger partial charge in [-0.1, -0.05) is 6.07 Å². The summed E-state index contributed by atoms with van der Waals surface area (Å²) in [5.74, 6) is 0.280. The Morgan fingerprint density at radius 2 is 2.18 bits per heavy atom. The molecule has 0 amide bonds. The first-order valence-corrected chi connectivity index (χ1v) is 8.98. The third kappa shape index (κ3) is 2.86. The van der Waals surface area contributed by atoms with Crippen molar-refractivity contribution in [3.8, 4) is 0 Å².